The number of nitrogens with zero attached hydrogens (tertiary/aromatic N) is 4. The summed E-state index contributed by atoms with van der Waals surface area (Å²) in [5.41, 5.74) is 5.00. The van der Waals surface area contributed by atoms with Crippen LogP contribution in [0.25, 0.3) is 43.2 Å². The van der Waals surface area contributed by atoms with Crippen LogP contribution in [-0.4, -0.2) is 72.0 Å². The molecule has 358 valence electrons. The van der Waals surface area contributed by atoms with Gasteiger partial charge in [-0.2, -0.15) is 8.42 Å². The van der Waals surface area contributed by atoms with Crippen molar-refractivity contribution in [2.45, 2.75) is 50.9 Å². The third-order valence-electron chi connectivity index (χ3n) is 11.5. The zero-order chi connectivity index (χ0) is 49.3. The predicted molar refractivity (Wildman–Crippen MR) is 263 cm³/mol. The molecule has 0 fully saturated rings. The number of ether oxygens (including phenoxy) is 5. The smallest absolute Gasteiger partial charge is 0.345 e. The van der Waals surface area contributed by atoms with E-state index < -0.39 is 40.7 Å². The fourth-order valence-corrected chi connectivity index (χ4v) is 10.5. The number of carboxylic acids is 1. The summed E-state index contributed by atoms with van der Waals surface area (Å²) in [7, 11) is -2.73. The van der Waals surface area contributed by atoms with Crippen LogP contribution in [0.15, 0.2) is 114 Å². The van der Waals surface area contributed by atoms with E-state index in [0.29, 0.717) is 71.3 Å². The molecule has 3 aromatic heterocycles. The number of aryl methyl sites for hydroxylation is 1. The number of carboxylic acid groups (broad SMARTS) is 1. The van der Waals surface area contributed by atoms with Crippen molar-refractivity contribution < 1.29 is 50.6 Å². The van der Waals surface area contributed by atoms with E-state index in [1.54, 1.807) is 81.8 Å². The molecule has 5 heterocycles. The monoisotopic (exact) mass is 1020 g/mol. The molecule has 19 heteroatoms. The molecule has 5 aromatic carbocycles. The van der Waals surface area contributed by atoms with Crippen molar-refractivity contribution in [2.24, 2.45) is 0 Å². The maximum Gasteiger partial charge on any atom is 0.345 e. The second-order valence-electron chi connectivity index (χ2n) is 16.1. The van der Waals surface area contributed by atoms with Gasteiger partial charge in [0.25, 0.3) is 10.1 Å². The van der Waals surface area contributed by atoms with Gasteiger partial charge in [-0.1, -0.05) is 65.2 Å². The van der Waals surface area contributed by atoms with Crippen LogP contribution in [0, 0.1) is 26.6 Å². The summed E-state index contributed by atoms with van der Waals surface area (Å²) in [6, 6.07) is 25.9. The summed E-state index contributed by atoms with van der Waals surface area (Å²) in [6.45, 7) is 4.45. The van der Waals surface area contributed by atoms with Gasteiger partial charge in [0, 0.05) is 28.6 Å². The number of halogens is 3. The number of carbonyl (C=O) groups is 1. The van der Waals surface area contributed by atoms with Crippen LogP contribution in [0.2, 0.25) is 10.0 Å². The first-order valence-electron chi connectivity index (χ1n) is 21.6. The number of aliphatic carboxylic acids is 1. The molecule has 1 N–H and O–H groups in total. The van der Waals surface area contributed by atoms with E-state index in [0.717, 1.165) is 5.56 Å². The molecule has 0 saturated carbocycles. The van der Waals surface area contributed by atoms with Crippen molar-refractivity contribution in [3.05, 3.63) is 153 Å². The first-order chi connectivity index (χ1) is 33.7. The van der Waals surface area contributed by atoms with Crippen molar-refractivity contribution in [3.8, 4) is 61.8 Å². The summed E-state index contributed by atoms with van der Waals surface area (Å²) in [6.07, 6.45) is -0.120. The Labute approximate surface area is 415 Å². The molecule has 0 amide bonds. The van der Waals surface area contributed by atoms with Crippen LogP contribution in [-0.2, 0) is 32.1 Å². The fourth-order valence-electron chi connectivity index (χ4n) is 7.91. The minimum absolute atomic E-state index is 0.0286. The number of benzene rings is 5. The average molecular weight is 1020 g/mol. The number of methoxy groups -OCH3 is 1. The van der Waals surface area contributed by atoms with Crippen LogP contribution in [0.3, 0.4) is 0 Å². The van der Waals surface area contributed by atoms with E-state index >= 15 is 0 Å². The maximum absolute atomic E-state index is 14.4. The Balaban J connectivity index is 1.17. The lowest BCUT2D eigenvalue weighted by molar-refractivity contribution is -0.145. The molecule has 0 radical (unpaired) electrons. The van der Waals surface area contributed by atoms with Crippen LogP contribution < -0.4 is 23.7 Å². The van der Waals surface area contributed by atoms with Gasteiger partial charge in [0.2, 0.25) is 12.0 Å². The summed E-state index contributed by atoms with van der Waals surface area (Å²) < 4.78 is 78.1. The van der Waals surface area contributed by atoms with Crippen LogP contribution >= 0.6 is 34.5 Å². The molecule has 0 saturated heterocycles. The highest BCUT2D eigenvalue weighted by Gasteiger charge is 2.32. The van der Waals surface area contributed by atoms with Crippen molar-refractivity contribution >= 4 is 60.8 Å². The second-order valence-corrected chi connectivity index (χ2v) is 19.5. The Morgan fingerprint density at radius 1 is 0.886 bits per heavy atom. The minimum atomic E-state index is -4.29. The van der Waals surface area contributed by atoms with E-state index in [-0.39, 0.29) is 57.7 Å². The lowest BCUT2D eigenvalue weighted by atomic mass is 9.92. The quantitative estimate of drug-likeness (QED) is 0.121. The van der Waals surface area contributed by atoms with Crippen molar-refractivity contribution in [3.63, 3.8) is 0 Å². The molecule has 0 aliphatic carbocycles. The molecule has 2 aliphatic heterocycles. The highest BCUT2D eigenvalue weighted by molar-refractivity contribution is 7.86. The summed E-state index contributed by atoms with van der Waals surface area (Å²) in [5.74, 6) is -0.287. The maximum atomic E-state index is 14.4. The molecule has 0 unspecified atom stereocenters. The SMILES string of the molecule is COc1ccccc1-c1nccc(COc2ccc3cc2C[C@H](C(=O)O)Oc2ncnc4sc(-c5ccc(F)cc5)c(c24)-c2c(C)c(Cl)c(c(Cl)c2C)O[C@H](COS(=O)(=O)c2ccc(C)cc2)CO3)n1. The van der Waals surface area contributed by atoms with Gasteiger partial charge < -0.3 is 28.8 Å². The van der Waals surface area contributed by atoms with E-state index in [2.05, 4.69) is 15.0 Å². The summed E-state index contributed by atoms with van der Waals surface area (Å²) in [5, 5.41) is 11.4. The van der Waals surface area contributed by atoms with Crippen molar-refractivity contribution in [1.29, 1.82) is 0 Å². The molecule has 0 spiro atoms. The Hall–Kier alpha value is -6.89. The van der Waals surface area contributed by atoms with E-state index in [4.69, 9.17) is 56.1 Å². The van der Waals surface area contributed by atoms with Crippen LogP contribution in [0.1, 0.15) is 27.9 Å². The number of rotatable bonds is 11. The molecule has 14 nitrogen and oxygen atoms in total. The van der Waals surface area contributed by atoms with E-state index in [1.807, 2.05) is 25.1 Å². The third-order valence-corrected chi connectivity index (χ3v) is 14.8. The summed E-state index contributed by atoms with van der Waals surface area (Å²) in [4.78, 5) is 32.5. The number of thiophene rings is 1. The van der Waals surface area contributed by atoms with E-state index in [9.17, 15) is 22.7 Å². The average Bonchev–Trinajstić information content (AvgIpc) is 3.74. The second kappa shape index (κ2) is 20.2. The number of para-hydroxylation sites is 1. The van der Waals surface area contributed by atoms with Crippen LogP contribution in [0.5, 0.6) is 28.9 Å². The molecule has 2 atom stereocenters. The zero-order valence-corrected chi connectivity index (χ0v) is 40.9. The standard InChI is InChI=1S/C51H41Cl2FN4O10S2/c1-27-9-16-36(17-10-27)70(61,62)66-25-35-24-64-34-15-18-38(65-23-33-19-20-55-48(58-33)37-7-5-6-8-39(37)63-4)31(21-34)22-40(51(59)60)68-49-43-42(41-28(2)44(52)46(67-35)45(53)29(41)3)47(69-50(43)57-26-56-49)30-11-13-32(54)14-12-30/h5-21,26,35,40H,22-25H2,1-4H3,(H,59,60)/t35-,40+/m0/s1. The van der Waals surface area contributed by atoms with Gasteiger partial charge in [-0.05, 0) is 104 Å². The van der Waals surface area contributed by atoms with Crippen molar-refractivity contribution in [2.75, 3.05) is 20.3 Å². The van der Waals surface area contributed by atoms with Gasteiger partial charge in [0.15, 0.2) is 17.7 Å². The Morgan fingerprint density at radius 3 is 2.36 bits per heavy atom. The van der Waals surface area contributed by atoms with E-state index in [1.165, 1.54) is 41.9 Å². The molecule has 10 rings (SSSR count). The van der Waals surface area contributed by atoms with Crippen molar-refractivity contribution in [1.82, 2.24) is 19.9 Å². The van der Waals surface area contributed by atoms with Gasteiger partial charge in [-0.15, -0.1) is 11.3 Å². The molecule has 8 aromatic rings. The third kappa shape index (κ3) is 9.93. The molecular weight excluding hydrogens is 983 g/mol. The number of fused-ring (bicyclic) bond motifs is 7. The highest BCUT2D eigenvalue weighted by atomic mass is 35.5. The molecule has 70 heavy (non-hydrogen) atoms. The Kier molecular flexibility index (Phi) is 13.9. The first kappa shape index (κ1) is 48.1. The number of aromatic nitrogens is 4. The minimum Gasteiger partial charge on any atom is -0.496 e. The first-order valence-corrected chi connectivity index (χ1v) is 24.5. The molecular formula is C51H41Cl2FN4O10S2. The number of hydrogen-bond acceptors (Lipinski definition) is 14. The zero-order valence-electron chi connectivity index (χ0n) is 37.7. The Bertz CT molecular complexity index is 3370. The lowest BCUT2D eigenvalue weighted by Crippen LogP contribution is -2.32. The van der Waals surface area contributed by atoms with Gasteiger partial charge in [0.05, 0.1) is 38.7 Å². The molecule has 4 bridgehead atoms. The van der Waals surface area contributed by atoms with Crippen LogP contribution in [0.4, 0.5) is 4.39 Å². The Morgan fingerprint density at radius 2 is 1.63 bits per heavy atom. The number of hydrogen-bond donors (Lipinski definition) is 1. The van der Waals surface area contributed by atoms with Gasteiger partial charge in [-0.3, -0.25) is 4.18 Å². The largest absolute Gasteiger partial charge is 0.496 e. The topological polar surface area (TPSA) is 178 Å². The molecule has 2 aliphatic rings. The van der Waals surface area contributed by atoms with Gasteiger partial charge in [-0.25, -0.2) is 29.1 Å². The van der Waals surface area contributed by atoms with Gasteiger partial charge >= 0.3 is 5.97 Å². The van der Waals surface area contributed by atoms with Gasteiger partial charge in [0.1, 0.15) is 54.0 Å². The highest BCUT2D eigenvalue weighted by Crippen LogP contribution is 2.53. The lowest BCUT2D eigenvalue weighted by Gasteiger charge is -2.24. The fraction of sp³-hybridized carbons (Fsp3) is 0.196. The normalized spacial score (nSPS) is 14.8. The predicted octanol–water partition coefficient (Wildman–Crippen LogP) is 11.1. The summed E-state index contributed by atoms with van der Waals surface area (Å²) >= 11 is 15.7.